The maximum atomic E-state index is 14.0. The Labute approximate surface area is 193 Å². The lowest BCUT2D eigenvalue weighted by atomic mass is 9.89. The van der Waals surface area contributed by atoms with Gasteiger partial charge in [0.1, 0.15) is 0 Å². The quantitative estimate of drug-likeness (QED) is 0.367. The van der Waals surface area contributed by atoms with Gasteiger partial charge in [0.2, 0.25) is 10.0 Å². The average Bonchev–Trinajstić information content (AvgIpc) is 3.22. The Hall–Kier alpha value is -3.41. The van der Waals surface area contributed by atoms with Crippen LogP contribution in [0.1, 0.15) is 28.4 Å². The topological polar surface area (TPSA) is 53.2 Å². The fourth-order valence-electron chi connectivity index (χ4n) is 5.13. The summed E-state index contributed by atoms with van der Waals surface area (Å²) in [5, 5.41) is 3.26. The van der Waals surface area contributed by atoms with Gasteiger partial charge in [-0.1, -0.05) is 78.4 Å². The van der Waals surface area contributed by atoms with E-state index >= 15 is 0 Å². The Morgan fingerprint density at radius 1 is 0.818 bits per heavy atom. The number of sulfonamides is 1. The van der Waals surface area contributed by atoms with Crippen molar-refractivity contribution in [2.75, 3.05) is 6.54 Å². The van der Waals surface area contributed by atoms with Crippen molar-refractivity contribution in [2.24, 2.45) is 0 Å². The number of hydrogen-bond donors (Lipinski definition) is 1. The average molecular weight is 453 g/mol. The van der Waals surface area contributed by atoms with E-state index in [9.17, 15) is 8.42 Å². The number of aryl methyl sites for hydroxylation is 1. The normalized spacial score (nSPS) is 16.8. The molecule has 1 unspecified atom stereocenters. The second kappa shape index (κ2) is 7.58. The Morgan fingerprint density at radius 2 is 1.52 bits per heavy atom. The van der Waals surface area contributed by atoms with Crippen molar-refractivity contribution in [3.05, 3.63) is 113 Å². The molecule has 0 spiro atoms. The summed E-state index contributed by atoms with van der Waals surface area (Å²) in [6.45, 7) is 2.39. The number of H-pyrrole nitrogens is 1. The third kappa shape index (κ3) is 3.19. The molecule has 1 aliphatic heterocycles. The van der Waals surface area contributed by atoms with E-state index in [1.165, 1.54) is 0 Å². The lowest BCUT2D eigenvalue weighted by Gasteiger charge is -2.36. The van der Waals surface area contributed by atoms with Crippen molar-refractivity contribution >= 4 is 31.7 Å². The lowest BCUT2D eigenvalue weighted by Crippen LogP contribution is -2.40. The van der Waals surface area contributed by atoms with Crippen LogP contribution in [-0.2, 0) is 16.4 Å². The van der Waals surface area contributed by atoms with Gasteiger partial charge in [-0.2, -0.15) is 4.31 Å². The molecule has 4 nitrogen and oxygen atoms in total. The molecule has 1 aliphatic rings. The van der Waals surface area contributed by atoms with Crippen LogP contribution in [0, 0.1) is 6.92 Å². The fourth-order valence-corrected chi connectivity index (χ4v) is 6.71. The van der Waals surface area contributed by atoms with E-state index < -0.39 is 16.1 Å². The first-order valence-electron chi connectivity index (χ1n) is 11.2. The summed E-state index contributed by atoms with van der Waals surface area (Å²) >= 11 is 0. The van der Waals surface area contributed by atoms with Gasteiger partial charge in [0.15, 0.2) is 0 Å². The molecule has 5 aromatic rings. The van der Waals surface area contributed by atoms with Crippen molar-refractivity contribution in [3.63, 3.8) is 0 Å². The maximum absolute atomic E-state index is 14.0. The van der Waals surface area contributed by atoms with E-state index in [1.54, 1.807) is 16.4 Å². The van der Waals surface area contributed by atoms with Crippen LogP contribution in [0.3, 0.4) is 0 Å². The first kappa shape index (κ1) is 20.2. The van der Waals surface area contributed by atoms with Gasteiger partial charge in [-0.05, 0) is 41.5 Å². The molecule has 1 aromatic heterocycles. The van der Waals surface area contributed by atoms with Crippen LogP contribution < -0.4 is 0 Å². The second-order valence-corrected chi connectivity index (χ2v) is 10.6. The number of hydrogen-bond acceptors (Lipinski definition) is 2. The van der Waals surface area contributed by atoms with E-state index in [1.807, 2.05) is 49.4 Å². The summed E-state index contributed by atoms with van der Waals surface area (Å²) in [4.78, 5) is 3.90. The molecular weight excluding hydrogens is 428 g/mol. The highest BCUT2D eigenvalue weighted by atomic mass is 32.2. The maximum Gasteiger partial charge on any atom is 0.243 e. The van der Waals surface area contributed by atoms with E-state index in [0.29, 0.717) is 17.9 Å². The second-order valence-electron chi connectivity index (χ2n) is 8.71. The molecule has 0 saturated carbocycles. The molecule has 4 aromatic carbocycles. The predicted octanol–water partition coefficient (Wildman–Crippen LogP) is 5.97. The number of aromatic nitrogens is 1. The van der Waals surface area contributed by atoms with E-state index in [0.717, 1.165) is 44.1 Å². The van der Waals surface area contributed by atoms with Gasteiger partial charge >= 0.3 is 0 Å². The highest BCUT2D eigenvalue weighted by Gasteiger charge is 2.39. The molecule has 1 atom stereocenters. The molecule has 164 valence electrons. The van der Waals surface area contributed by atoms with Gasteiger partial charge in [0.25, 0.3) is 0 Å². The van der Waals surface area contributed by atoms with Crippen molar-refractivity contribution in [1.82, 2.24) is 9.29 Å². The van der Waals surface area contributed by atoms with Gasteiger partial charge in [0, 0.05) is 35.1 Å². The number of benzene rings is 4. The van der Waals surface area contributed by atoms with Gasteiger partial charge in [-0.3, -0.25) is 0 Å². The first-order valence-corrected chi connectivity index (χ1v) is 12.6. The molecule has 0 aliphatic carbocycles. The Balaban J connectivity index is 1.64. The van der Waals surface area contributed by atoms with Crippen molar-refractivity contribution in [3.8, 4) is 0 Å². The summed E-state index contributed by atoms with van der Waals surface area (Å²) in [5.74, 6) is 0. The molecule has 0 radical (unpaired) electrons. The summed E-state index contributed by atoms with van der Waals surface area (Å²) < 4.78 is 29.7. The number of nitrogens with one attached hydrogen (secondary N) is 1. The molecule has 0 fully saturated rings. The van der Waals surface area contributed by atoms with Crippen LogP contribution in [0.2, 0.25) is 0 Å². The molecule has 0 bridgehead atoms. The van der Waals surface area contributed by atoms with E-state index in [2.05, 4.69) is 41.4 Å². The number of rotatable bonds is 3. The molecule has 33 heavy (non-hydrogen) atoms. The summed E-state index contributed by atoms with van der Waals surface area (Å²) in [6.07, 6.45) is 0.649. The SMILES string of the molecule is Cc1ccc(S(=O)(=O)N2CCc3[nH]c4ccccc4c3C2c2cccc3ccccc23)cc1. The lowest BCUT2D eigenvalue weighted by molar-refractivity contribution is 0.346. The highest BCUT2D eigenvalue weighted by molar-refractivity contribution is 7.89. The summed E-state index contributed by atoms with van der Waals surface area (Å²) in [5.41, 5.74) is 5.27. The third-order valence-electron chi connectivity index (χ3n) is 6.72. The first-order chi connectivity index (χ1) is 16.0. The van der Waals surface area contributed by atoms with Crippen molar-refractivity contribution in [1.29, 1.82) is 0 Å². The number of nitrogens with zero attached hydrogens (tertiary/aromatic N) is 1. The van der Waals surface area contributed by atoms with Crippen LogP contribution >= 0.6 is 0 Å². The van der Waals surface area contributed by atoms with Crippen LogP contribution in [0.25, 0.3) is 21.7 Å². The molecule has 5 heteroatoms. The smallest absolute Gasteiger partial charge is 0.243 e. The minimum Gasteiger partial charge on any atom is -0.358 e. The van der Waals surface area contributed by atoms with Gasteiger partial charge in [-0.15, -0.1) is 0 Å². The number of para-hydroxylation sites is 1. The summed E-state index contributed by atoms with van der Waals surface area (Å²) in [6, 6.07) is 29.3. The van der Waals surface area contributed by atoms with Gasteiger partial charge in [-0.25, -0.2) is 8.42 Å². The largest absolute Gasteiger partial charge is 0.358 e. The summed E-state index contributed by atoms with van der Waals surface area (Å²) in [7, 11) is -3.71. The minimum atomic E-state index is -3.71. The molecule has 0 saturated heterocycles. The van der Waals surface area contributed by atoms with Crippen molar-refractivity contribution in [2.45, 2.75) is 24.3 Å². The van der Waals surface area contributed by atoms with E-state index in [4.69, 9.17) is 0 Å². The Kier molecular flexibility index (Phi) is 4.64. The minimum absolute atomic E-state index is 0.335. The molecule has 1 N–H and O–H groups in total. The fraction of sp³-hybridized carbons (Fsp3) is 0.143. The molecule has 6 rings (SSSR count). The van der Waals surface area contributed by atoms with Crippen LogP contribution in [-0.4, -0.2) is 24.3 Å². The van der Waals surface area contributed by atoms with E-state index in [-0.39, 0.29) is 0 Å². The zero-order valence-electron chi connectivity index (χ0n) is 18.3. The molecule has 0 amide bonds. The Morgan fingerprint density at radius 3 is 2.33 bits per heavy atom. The highest BCUT2D eigenvalue weighted by Crippen LogP contribution is 2.44. The van der Waals surface area contributed by atoms with Crippen LogP contribution in [0.4, 0.5) is 0 Å². The monoisotopic (exact) mass is 452 g/mol. The molecular formula is C28H24N2O2S. The third-order valence-corrected chi connectivity index (χ3v) is 8.60. The Bertz CT molecular complexity index is 1600. The predicted molar refractivity (Wildman–Crippen MR) is 133 cm³/mol. The van der Waals surface area contributed by atoms with Crippen LogP contribution in [0.15, 0.2) is 95.9 Å². The number of fused-ring (bicyclic) bond motifs is 4. The van der Waals surface area contributed by atoms with Gasteiger partial charge in [0.05, 0.1) is 10.9 Å². The molecule has 2 heterocycles. The van der Waals surface area contributed by atoms with Crippen LogP contribution in [0.5, 0.6) is 0 Å². The zero-order chi connectivity index (χ0) is 22.6. The van der Waals surface area contributed by atoms with Crippen molar-refractivity contribution < 1.29 is 8.42 Å². The number of aromatic amines is 1. The van der Waals surface area contributed by atoms with Gasteiger partial charge < -0.3 is 4.98 Å². The standard InChI is InChI=1S/C28H24N2O2S/c1-19-13-15-21(16-14-19)33(31,32)30-18-17-26-27(24-10-4-5-12-25(24)29-26)28(30)23-11-6-8-20-7-2-3-9-22(20)23/h2-16,28-29H,17-18H2,1H3. The zero-order valence-corrected chi connectivity index (χ0v) is 19.1.